The van der Waals surface area contributed by atoms with E-state index >= 15 is 0 Å². The topological polar surface area (TPSA) is 71.9 Å². The molecule has 1 aliphatic rings. The van der Waals surface area contributed by atoms with E-state index in [-0.39, 0.29) is 5.91 Å². The molecule has 2 N–H and O–H groups in total. The van der Waals surface area contributed by atoms with Crippen molar-refractivity contribution in [3.63, 3.8) is 0 Å². The standard InChI is InChI=1S/C16H16N4O2/c1-2-22-14-4-3-11-12(8-18-15(11)19-14)10-7-13-16(21)17-5-6-20(13)9-10/h3-4,7-9H,2,5-6H2,1H3,(H,17,21)(H,18,19). The minimum Gasteiger partial charge on any atom is -0.478 e. The third-order valence-electron chi connectivity index (χ3n) is 3.88. The Morgan fingerprint density at radius 2 is 2.32 bits per heavy atom. The molecule has 3 aromatic rings. The highest BCUT2D eigenvalue weighted by Gasteiger charge is 2.19. The molecule has 0 aromatic carbocycles. The van der Waals surface area contributed by atoms with Crippen molar-refractivity contribution in [1.29, 1.82) is 0 Å². The van der Waals surface area contributed by atoms with Crippen molar-refractivity contribution in [2.45, 2.75) is 13.5 Å². The molecule has 3 aromatic heterocycles. The molecular weight excluding hydrogens is 280 g/mol. The van der Waals surface area contributed by atoms with Crippen LogP contribution in [0.2, 0.25) is 0 Å². The molecule has 0 saturated carbocycles. The first-order valence-electron chi connectivity index (χ1n) is 7.36. The van der Waals surface area contributed by atoms with E-state index in [0.29, 0.717) is 24.7 Å². The molecule has 4 heterocycles. The van der Waals surface area contributed by atoms with E-state index in [1.165, 1.54) is 0 Å². The number of hydrogen-bond acceptors (Lipinski definition) is 3. The molecule has 6 heteroatoms. The molecule has 6 nitrogen and oxygen atoms in total. The van der Waals surface area contributed by atoms with Gasteiger partial charge in [0, 0.05) is 48.1 Å². The number of hydrogen-bond donors (Lipinski definition) is 2. The summed E-state index contributed by atoms with van der Waals surface area (Å²) < 4.78 is 7.42. The van der Waals surface area contributed by atoms with Gasteiger partial charge in [-0.1, -0.05) is 0 Å². The first-order chi connectivity index (χ1) is 10.8. The highest BCUT2D eigenvalue weighted by molar-refractivity contribution is 5.98. The van der Waals surface area contributed by atoms with E-state index in [1.54, 1.807) is 0 Å². The Balaban J connectivity index is 1.80. The molecule has 0 unspecified atom stereocenters. The SMILES string of the molecule is CCOc1ccc2c(-c3cc4n(c3)CCNC4=O)c[nH]c2n1. The van der Waals surface area contributed by atoms with Crippen molar-refractivity contribution in [3.05, 3.63) is 36.3 Å². The van der Waals surface area contributed by atoms with Crippen LogP contribution < -0.4 is 10.1 Å². The zero-order valence-corrected chi connectivity index (χ0v) is 12.2. The van der Waals surface area contributed by atoms with E-state index in [0.717, 1.165) is 28.7 Å². The highest BCUT2D eigenvalue weighted by atomic mass is 16.5. The summed E-state index contributed by atoms with van der Waals surface area (Å²) in [5.74, 6) is 0.591. The predicted octanol–water partition coefficient (Wildman–Crippen LogP) is 2.17. The number of amides is 1. The largest absolute Gasteiger partial charge is 0.478 e. The number of aromatic amines is 1. The van der Waals surface area contributed by atoms with E-state index in [9.17, 15) is 4.79 Å². The summed E-state index contributed by atoms with van der Waals surface area (Å²) in [4.78, 5) is 19.5. The van der Waals surface area contributed by atoms with Crippen LogP contribution in [0.5, 0.6) is 5.88 Å². The fourth-order valence-electron chi connectivity index (χ4n) is 2.87. The van der Waals surface area contributed by atoms with Crippen molar-refractivity contribution in [1.82, 2.24) is 19.9 Å². The third kappa shape index (κ3) is 1.95. The van der Waals surface area contributed by atoms with Crippen molar-refractivity contribution in [3.8, 4) is 17.0 Å². The van der Waals surface area contributed by atoms with Crippen molar-refractivity contribution in [2.24, 2.45) is 0 Å². The molecular formula is C16H16N4O2. The smallest absolute Gasteiger partial charge is 0.267 e. The number of pyridine rings is 1. The van der Waals surface area contributed by atoms with E-state index in [1.807, 2.05) is 42.1 Å². The average molecular weight is 296 g/mol. The summed E-state index contributed by atoms with van der Waals surface area (Å²) in [6.07, 6.45) is 3.94. The maximum absolute atomic E-state index is 11.9. The summed E-state index contributed by atoms with van der Waals surface area (Å²) in [6.45, 7) is 4.00. The maximum atomic E-state index is 11.9. The van der Waals surface area contributed by atoms with Gasteiger partial charge >= 0.3 is 0 Å². The lowest BCUT2D eigenvalue weighted by atomic mass is 10.1. The molecule has 0 atom stereocenters. The number of aromatic nitrogens is 3. The van der Waals surface area contributed by atoms with Crippen LogP contribution in [0.25, 0.3) is 22.2 Å². The second-order valence-corrected chi connectivity index (χ2v) is 5.24. The Hall–Kier alpha value is -2.76. The molecule has 4 rings (SSSR count). The average Bonchev–Trinajstić information content (AvgIpc) is 3.11. The van der Waals surface area contributed by atoms with Gasteiger partial charge in [-0.3, -0.25) is 4.79 Å². The molecule has 0 spiro atoms. The molecule has 0 saturated heterocycles. The van der Waals surface area contributed by atoms with Crippen molar-refractivity contribution >= 4 is 16.9 Å². The van der Waals surface area contributed by atoms with Crippen LogP contribution in [-0.2, 0) is 6.54 Å². The third-order valence-corrected chi connectivity index (χ3v) is 3.88. The number of nitrogens with one attached hydrogen (secondary N) is 2. The summed E-state index contributed by atoms with van der Waals surface area (Å²) in [5.41, 5.74) is 3.55. The van der Waals surface area contributed by atoms with Gasteiger partial charge in [0.1, 0.15) is 11.3 Å². The van der Waals surface area contributed by atoms with Crippen LogP contribution in [0.3, 0.4) is 0 Å². The summed E-state index contributed by atoms with van der Waals surface area (Å²) in [6, 6.07) is 5.79. The lowest BCUT2D eigenvalue weighted by Crippen LogP contribution is -2.34. The van der Waals surface area contributed by atoms with Crippen LogP contribution in [0.15, 0.2) is 30.6 Å². The van der Waals surface area contributed by atoms with Gasteiger partial charge in [-0.05, 0) is 19.1 Å². The van der Waals surface area contributed by atoms with Gasteiger partial charge in [0.15, 0.2) is 0 Å². The quantitative estimate of drug-likeness (QED) is 0.778. The summed E-state index contributed by atoms with van der Waals surface area (Å²) in [7, 11) is 0. The zero-order chi connectivity index (χ0) is 15.1. The fourth-order valence-corrected chi connectivity index (χ4v) is 2.87. The van der Waals surface area contributed by atoms with Gasteiger partial charge in [-0.25, -0.2) is 0 Å². The number of carbonyl (C=O) groups excluding carboxylic acids is 1. The number of carbonyl (C=O) groups is 1. The van der Waals surface area contributed by atoms with E-state index in [2.05, 4.69) is 15.3 Å². The van der Waals surface area contributed by atoms with Crippen LogP contribution in [-0.4, -0.2) is 33.6 Å². The normalized spacial score (nSPS) is 14.0. The monoisotopic (exact) mass is 296 g/mol. The highest BCUT2D eigenvalue weighted by Crippen LogP contribution is 2.30. The Morgan fingerprint density at radius 1 is 1.41 bits per heavy atom. The first-order valence-corrected chi connectivity index (χ1v) is 7.36. The van der Waals surface area contributed by atoms with Crippen LogP contribution in [0.4, 0.5) is 0 Å². The Labute approximate surface area is 127 Å². The van der Waals surface area contributed by atoms with E-state index < -0.39 is 0 Å². The van der Waals surface area contributed by atoms with Gasteiger partial charge < -0.3 is 19.6 Å². The maximum Gasteiger partial charge on any atom is 0.267 e. The number of ether oxygens (including phenoxy) is 1. The number of nitrogens with zero attached hydrogens (tertiary/aromatic N) is 2. The second-order valence-electron chi connectivity index (χ2n) is 5.24. The lowest BCUT2D eigenvalue weighted by molar-refractivity contribution is 0.0928. The zero-order valence-electron chi connectivity index (χ0n) is 12.2. The van der Waals surface area contributed by atoms with Crippen molar-refractivity contribution < 1.29 is 9.53 Å². The van der Waals surface area contributed by atoms with Crippen molar-refractivity contribution in [2.75, 3.05) is 13.2 Å². The Kier molecular flexibility index (Phi) is 2.89. The van der Waals surface area contributed by atoms with E-state index in [4.69, 9.17) is 4.74 Å². The lowest BCUT2D eigenvalue weighted by Gasteiger charge is -2.14. The second kappa shape index (κ2) is 4.91. The van der Waals surface area contributed by atoms with Gasteiger partial charge in [0.2, 0.25) is 5.88 Å². The Bertz CT molecular complexity index is 862. The van der Waals surface area contributed by atoms with Gasteiger partial charge in [0.25, 0.3) is 5.91 Å². The molecule has 112 valence electrons. The van der Waals surface area contributed by atoms with Gasteiger partial charge in [-0.2, -0.15) is 4.98 Å². The molecule has 0 bridgehead atoms. The minimum atomic E-state index is -0.0194. The minimum absolute atomic E-state index is 0.0194. The molecule has 1 amide bonds. The Morgan fingerprint density at radius 3 is 3.14 bits per heavy atom. The first kappa shape index (κ1) is 12.9. The van der Waals surface area contributed by atoms with Crippen LogP contribution in [0.1, 0.15) is 17.4 Å². The number of fused-ring (bicyclic) bond motifs is 2. The fraction of sp³-hybridized carbons (Fsp3) is 0.250. The molecule has 0 radical (unpaired) electrons. The van der Waals surface area contributed by atoms with Crippen LogP contribution in [0, 0.1) is 0 Å². The molecule has 1 aliphatic heterocycles. The predicted molar refractivity (Wildman–Crippen MR) is 83.0 cm³/mol. The van der Waals surface area contributed by atoms with Gasteiger partial charge in [-0.15, -0.1) is 0 Å². The summed E-state index contributed by atoms with van der Waals surface area (Å²) in [5, 5.41) is 3.88. The molecule has 0 aliphatic carbocycles. The molecule has 0 fully saturated rings. The number of rotatable bonds is 3. The summed E-state index contributed by atoms with van der Waals surface area (Å²) >= 11 is 0. The number of H-pyrrole nitrogens is 1. The van der Waals surface area contributed by atoms with Crippen LogP contribution >= 0.6 is 0 Å². The van der Waals surface area contributed by atoms with Gasteiger partial charge in [0.05, 0.1) is 6.61 Å². The molecule has 22 heavy (non-hydrogen) atoms.